The summed E-state index contributed by atoms with van der Waals surface area (Å²) in [5, 5.41) is 0. The second-order valence-electron chi connectivity index (χ2n) is 3.25. The molecule has 0 spiro atoms. The molecule has 1 fully saturated rings. The van der Waals surface area contributed by atoms with Crippen molar-refractivity contribution >= 4 is 5.97 Å². The summed E-state index contributed by atoms with van der Waals surface area (Å²) in [7, 11) is 1.37. The van der Waals surface area contributed by atoms with Gasteiger partial charge in [0.15, 0.2) is 5.60 Å². The van der Waals surface area contributed by atoms with E-state index in [1.165, 1.54) is 7.11 Å². The number of hydrogen-bond acceptors (Lipinski definition) is 3. The van der Waals surface area contributed by atoms with E-state index in [9.17, 15) is 4.79 Å². The minimum Gasteiger partial charge on any atom is -0.467 e. The van der Waals surface area contributed by atoms with Gasteiger partial charge in [0.25, 0.3) is 0 Å². The van der Waals surface area contributed by atoms with Crippen LogP contribution in [-0.2, 0) is 14.3 Å². The first-order valence-electron chi connectivity index (χ1n) is 3.97. The van der Waals surface area contributed by atoms with E-state index in [0.717, 1.165) is 12.0 Å². The van der Waals surface area contributed by atoms with Gasteiger partial charge in [0.05, 0.1) is 13.7 Å². The van der Waals surface area contributed by atoms with E-state index < -0.39 is 5.60 Å². The third-order valence-corrected chi connectivity index (χ3v) is 2.08. The summed E-state index contributed by atoms with van der Waals surface area (Å²) in [5.74, 6) is -0.316. The monoisotopic (exact) mass is 170 g/mol. The van der Waals surface area contributed by atoms with E-state index >= 15 is 0 Å². The van der Waals surface area contributed by atoms with E-state index in [2.05, 4.69) is 11.3 Å². The molecule has 1 unspecified atom stereocenters. The average Bonchev–Trinajstić information content (AvgIpc) is 2.02. The number of carbonyl (C=O) groups excluding carboxylic acids is 1. The Morgan fingerprint density at radius 2 is 2.42 bits per heavy atom. The highest BCUT2D eigenvalue weighted by Gasteiger charge is 2.38. The van der Waals surface area contributed by atoms with Crippen LogP contribution in [-0.4, -0.2) is 25.3 Å². The third kappa shape index (κ3) is 1.67. The molecule has 0 aliphatic carbocycles. The van der Waals surface area contributed by atoms with Crippen molar-refractivity contribution in [2.45, 2.75) is 25.4 Å². The number of rotatable bonds is 1. The van der Waals surface area contributed by atoms with Crippen LogP contribution in [0.2, 0.25) is 0 Å². The van der Waals surface area contributed by atoms with E-state index in [0.29, 0.717) is 13.0 Å². The molecule has 0 aromatic rings. The summed E-state index contributed by atoms with van der Waals surface area (Å²) in [4.78, 5) is 11.2. The molecule has 1 atom stereocenters. The van der Waals surface area contributed by atoms with Crippen molar-refractivity contribution < 1.29 is 14.3 Å². The van der Waals surface area contributed by atoms with E-state index in [-0.39, 0.29) is 5.97 Å². The zero-order chi connectivity index (χ0) is 9.19. The fourth-order valence-electron chi connectivity index (χ4n) is 1.38. The van der Waals surface area contributed by atoms with Gasteiger partial charge in [-0.3, -0.25) is 0 Å². The molecule has 12 heavy (non-hydrogen) atoms. The Morgan fingerprint density at radius 1 is 1.75 bits per heavy atom. The van der Waals surface area contributed by atoms with Gasteiger partial charge in [0, 0.05) is 6.42 Å². The third-order valence-electron chi connectivity index (χ3n) is 2.08. The van der Waals surface area contributed by atoms with Gasteiger partial charge in [-0.05, 0) is 13.3 Å². The SMILES string of the molecule is C=C1CCOC(C)(C(=O)OC)C1. The fourth-order valence-corrected chi connectivity index (χ4v) is 1.38. The van der Waals surface area contributed by atoms with Crippen molar-refractivity contribution in [2.24, 2.45) is 0 Å². The van der Waals surface area contributed by atoms with Gasteiger partial charge >= 0.3 is 5.97 Å². The Kier molecular flexibility index (Phi) is 2.52. The lowest BCUT2D eigenvalue weighted by atomic mass is 9.93. The van der Waals surface area contributed by atoms with Gasteiger partial charge < -0.3 is 9.47 Å². The van der Waals surface area contributed by atoms with Crippen molar-refractivity contribution in [1.82, 2.24) is 0 Å². The quantitative estimate of drug-likeness (QED) is 0.439. The molecule has 0 amide bonds. The Bertz CT molecular complexity index is 210. The maximum absolute atomic E-state index is 11.2. The van der Waals surface area contributed by atoms with E-state index in [4.69, 9.17) is 4.74 Å². The van der Waals surface area contributed by atoms with Crippen molar-refractivity contribution in [1.29, 1.82) is 0 Å². The van der Waals surface area contributed by atoms with Crippen LogP contribution in [0.4, 0.5) is 0 Å². The van der Waals surface area contributed by atoms with Crippen molar-refractivity contribution in [3.05, 3.63) is 12.2 Å². The molecule has 1 rings (SSSR count). The second kappa shape index (κ2) is 3.27. The molecule has 3 nitrogen and oxygen atoms in total. The Balaban J connectivity index is 2.69. The van der Waals surface area contributed by atoms with Gasteiger partial charge in [-0.25, -0.2) is 4.79 Å². The number of esters is 1. The molecule has 0 radical (unpaired) electrons. The molecule has 3 heteroatoms. The van der Waals surface area contributed by atoms with Crippen LogP contribution in [0.1, 0.15) is 19.8 Å². The first kappa shape index (κ1) is 9.26. The number of methoxy groups -OCH3 is 1. The molecule has 0 bridgehead atoms. The van der Waals surface area contributed by atoms with Crippen molar-refractivity contribution in [2.75, 3.05) is 13.7 Å². The summed E-state index contributed by atoms with van der Waals surface area (Å²) in [5.41, 5.74) is 0.249. The van der Waals surface area contributed by atoms with Crippen LogP contribution in [0.25, 0.3) is 0 Å². The molecule has 1 heterocycles. The van der Waals surface area contributed by atoms with Gasteiger partial charge in [0.2, 0.25) is 0 Å². The first-order valence-corrected chi connectivity index (χ1v) is 3.97. The Hall–Kier alpha value is -0.830. The summed E-state index contributed by atoms with van der Waals surface area (Å²) in [6.45, 7) is 6.14. The molecule has 0 aromatic heterocycles. The topological polar surface area (TPSA) is 35.5 Å². The van der Waals surface area contributed by atoms with Crippen LogP contribution in [0.3, 0.4) is 0 Å². The molecule has 0 aromatic carbocycles. The summed E-state index contributed by atoms with van der Waals surface area (Å²) in [6.07, 6.45) is 1.41. The smallest absolute Gasteiger partial charge is 0.338 e. The minimum atomic E-state index is -0.802. The molecule has 0 N–H and O–H groups in total. The molecule has 1 aliphatic heterocycles. The van der Waals surface area contributed by atoms with E-state index in [1.54, 1.807) is 6.92 Å². The standard InChI is InChI=1S/C9H14O3/c1-7-4-5-12-9(2,6-7)8(10)11-3/h1,4-6H2,2-3H3. The van der Waals surface area contributed by atoms with Crippen molar-refractivity contribution in [3.8, 4) is 0 Å². The van der Waals surface area contributed by atoms with Crippen molar-refractivity contribution in [3.63, 3.8) is 0 Å². The number of hydrogen-bond donors (Lipinski definition) is 0. The molecular weight excluding hydrogens is 156 g/mol. The molecule has 1 aliphatic rings. The Labute approximate surface area is 72.4 Å². The predicted octanol–water partition coefficient (Wildman–Crippen LogP) is 1.28. The Morgan fingerprint density at radius 3 is 2.92 bits per heavy atom. The average molecular weight is 170 g/mol. The van der Waals surface area contributed by atoms with Crippen LogP contribution >= 0.6 is 0 Å². The maximum Gasteiger partial charge on any atom is 0.338 e. The van der Waals surface area contributed by atoms with Gasteiger partial charge in [0.1, 0.15) is 0 Å². The van der Waals surface area contributed by atoms with Crippen LogP contribution in [0.5, 0.6) is 0 Å². The fraction of sp³-hybridized carbons (Fsp3) is 0.667. The molecule has 68 valence electrons. The van der Waals surface area contributed by atoms with Crippen LogP contribution in [0, 0.1) is 0 Å². The highest BCUT2D eigenvalue weighted by atomic mass is 16.6. The first-order chi connectivity index (χ1) is 5.58. The lowest BCUT2D eigenvalue weighted by Gasteiger charge is -2.31. The number of ether oxygens (including phenoxy) is 2. The summed E-state index contributed by atoms with van der Waals surface area (Å²) >= 11 is 0. The van der Waals surface area contributed by atoms with Crippen LogP contribution in [0.15, 0.2) is 12.2 Å². The van der Waals surface area contributed by atoms with E-state index in [1.807, 2.05) is 0 Å². The zero-order valence-electron chi connectivity index (χ0n) is 7.55. The minimum absolute atomic E-state index is 0.316. The zero-order valence-corrected chi connectivity index (χ0v) is 7.55. The summed E-state index contributed by atoms with van der Waals surface area (Å²) < 4.78 is 9.99. The lowest BCUT2D eigenvalue weighted by Crippen LogP contribution is -2.42. The maximum atomic E-state index is 11.2. The lowest BCUT2D eigenvalue weighted by molar-refractivity contribution is -0.169. The molecule has 1 saturated heterocycles. The summed E-state index contributed by atoms with van der Waals surface area (Å²) in [6, 6.07) is 0. The highest BCUT2D eigenvalue weighted by molar-refractivity contribution is 5.79. The second-order valence-corrected chi connectivity index (χ2v) is 3.25. The predicted molar refractivity (Wildman–Crippen MR) is 44.7 cm³/mol. The molecule has 0 saturated carbocycles. The normalized spacial score (nSPS) is 30.0. The van der Waals surface area contributed by atoms with Gasteiger partial charge in [-0.2, -0.15) is 0 Å². The highest BCUT2D eigenvalue weighted by Crippen LogP contribution is 2.28. The van der Waals surface area contributed by atoms with Gasteiger partial charge in [-0.15, -0.1) is 0 Å². The molecular formula is C9H14O3. The van der Waals surface area contributed by atoms with Crippen LogP contribution < -0.4 is 0 Å². The largest absolute Gasteiger partial charge is 0.467 e. The number of carbonyl (C=O) groups is 1. The van der Waals surface area contributed by atoms with Gasteiger partial charge in [-0.1, -0.05) is 12.2 Å².